The van der Waals surface area contributed by atoms with E-state index in [9.17, 15) is 9.59 Å². The molecule has 0 bridgehead atoms. The van der Waals surface area contributed by atoms with Crippen molar-refractivity contribution in [3.05, 3.63) is 58.0 Å². The summed E-state index contributed by atoms with van der Waals surface area (Å²) in [6.45, 7) is 0.276. The maximum Gasteiger partial charge on any atom is 0.262 e. The fraction of sp³-hybridized carbons (Fsp3) is 0.188. The number of fused-ring (bicyclic) bond motifs is 1. The van der Waals surface area contributed by atoms with E-state index < -0.39 is 0 Å². The normalized spacial score (nSPS) is 10.7. The molecule has 3 aromatic rings. The number of ether oxygens (including phenoxy) is 1. The Balaban J connectivity index is 1.69. The fourth-order valence-corrected chi connectivity index (χ4v) is 2.98. The highest BCUT2D eigenvalue weighted by atomic mass is 32.1. The summed E-state index contributed by atoms with van der Waals surface area (Å²) < 4.78 is 6.55. The molecule has 118 valence electrons. The Bertz CT molecular complexity index is 901. The summed E-state index contributed by atoms with van der Waals surface area (Å²) in [6.07, 6.45) is 1.41. The monoisotopic (exact) mass is 329 g/mol. The maximum absolute atomic E-state index is 12.2. The molecule has 0 atom stereocenters. The van der Waals surface area contributed by atoms with E-state index in [1.165, 1.54) is 22.2 Å². The van der Waals surface area contributed by atoms with Crippen LogP contribution in [0.5, 0.6) is 5.75 Å². The van der Waals surface area contributed by atoms with Gasteiger partial charge in [-0.15, -0.1) is 11.3 Å². The molecular weight excluding hydrogens is 314 g/mol. The zero-order chi connectivity index (χ0) is 16.2. The average molecular weight is 329 g/mol. The first-order valence-corrected chi connectivity index (χ1v) is 7.88. The van der Waals surface area contributed by atoms with E-state index in [1.54, 1.807) is 13.2 Å². The first-order valence-electron chi connectivity index (χ1n) is 7.00. The van der Waals surface area contributed by atoms with Crippen molar-refractivity contribution < 1.29 is 9.53 Å². The van der Waals surface area contributed by atoms with E-state index in [1.807, 2.05) is 29.6 Å². The Morgan fingerprint density at radius 1 is 1.35 bits per heavy atom. The number of thiophene rings is 1. The minimum atomic E-state index is -0.255. The van der Waals surface area contributed by atoms with Gasteiger partial charge in [-0.25, -0.2) is 4.98 Å². The predicted octanol–water partition coefficient (Wildman–Crippen LogP) is 1.78. The lowest BCUT2D eigenvalue weighted by atomic mass is 10.2. The van der Waals surface area contributed by atoms with Crippen LogP contribution in [0, 0.1) is 0 Å². The second-order valence-electron chi connectivity index (χ2n) is 4.91. The Morgan fingerprint density at radius 3 is 3.00 bits per heavy atom. The average Bonchev–Trinajstić information content (AvgIpc) is 3.05. The number of amides is 1. The van der Waals surface area contributed by atoms with Gasteiger partial charge in [-0.3, -0.25) is 14.2 Å². The lowest BCUT2D eigenvalue weighted by Crippen LogP contribution is -2.32. The molecule has 0 saturated carbocycles. The Hall–Kier alpha value is -2.67. The summed E-state index contributed by atoms with van der Waals surface area (Å²) in [5, 5.41) is 5.14. The van der Waals surface area contributed by atoms with Crippen molar-refractivity contribution in [3.63, 3.8) is 0 Å². The van der Waals surface area contributed by atoms with Gasteiger partial charge in [-0.05, 0) is 17.5 Å². The third-order valence-corrected chi connectivity index (χ3v) is 4.25. The number of aromatic nitrogens is 2. The van der Waals surface area contributed by atoms with E-state index in [-0.39, 0.29) is 18.0 Å². The van der Waals surface area contributed by atoms with Crippen molar-refractivity contribution in [2.45, 2.75) is 13.1 Å². The number of hydrogen-bond donors (Lipinski definition) is 1. The molecule has 0 radical (unpaired) electrons. The van der Waals surface area contributed by atoms with Gasteiger partial charge in [0.2, 0.25) is 5.91 Å². The summed E-state index contributed by atoms with van der Waals surface area (Å²) in [5.74, 6) is 0.459. The molecule has 1 aromatic carbocycles. The van der Waals surface area contributed by atoms with Crippen LogP contribution < -0.4 is 15.6 Å². The molecule has 0 aliphatic heterocycles. The van der Waals surface area contributed by atoms with Crippen LogP contribution in [0.25, 0.3) is 10.2 Å². The van der Waals surface area contributed by atoms with Gasteiger partial charge in [0.1, 0.15) is 17.1 Å². The molecular formula is C16H15N3O3S. The second kappa shape index (κ2) is 6.62. The smallest absolute Gasteiger partial charge is 0.262 e. The van der Waals surface area contributed by atoms with Crippen LogP contribution in [0.15, 0.2) is 46.8 Å². The van der Waals surface area contributed by atoms with E-state index in [0.29, 0.717) is 22.5 Å². The summed E-state index contributed by atoms with van der Waals surface area (Å²) >= 11 is 1.40. The molecule has 6 nitrogen and oxygen atoms in total. The van der Waals surface area contributed by atoms with Gasteiger partial charge in [0.15, 0.2) is 0 Å². The van der Waals surface area contributed by atoms with Crippen LogP contribution in [-0.4, -0.2) is 22.6 Å². The SMILES string of the molecule is COc1ccccc1CNC(=O)Cn1cnc2sccc2c1=O. The minimum Gasteiger partial charge on any atom is -0.496 e. The zero-order valence-electron chi connectivity index (χ0n) is 12.5. The van der Waals surface area contributed by atoms with Gasteiger partial charge >= 0.3 is 0 Å². The van der Waals surface area contributed by atoms with Crippen molar-refractivity contribution in [1.82, 2.24) is 14.9 Å². The molecule has 2 aromatic heterocycles. The van der Waals surface area contributed by atoms with E-state index in [4.69, 9.17) is 4.74 Å². The van der Waals surface area contributed by atoms with Gasteiger partial charge in [0.25, 0.3) is 5.56 Å². The standard InChI is InChI=1S/C16H15N3O3S/c1-22-13-5-3-2-4-11(13)8-17-14(20)9-19-10-18-15-12(16(19)21)6-7-23-15/h2-7,10H,8-9H2,1H3,(H,17,20). The van der Waals surface area contributed by atoms with Gasteiger partial charge in [0, 0.05) is 12.1 Å². The van der Waals surface area contributed by atoms with Crippen molar-refractivity contribution in [2.24, 2.45) is 0 Å². The number of carbonyl (C=O) groups is 1. The number of carbonyl (C=O) groups excluding carboxylic acids is 1. The zero-order valence-corrected chi connectivity index (χ0v) is 13.3. The van der Waals surface area contributed by atoms with Gasteiger partial charge < -0.3 is 10.1 Å². The molecule has 0 fully saturated rings. The number of nitrogens with zero attached hydrogens (tertiary/aromatic N) is 2. The van der Waals surface area contributed by atoms with Crippen LogP contribution >= 0.6 is 11.3 Å². The first-order chi connectivity index (χ1) is 11.2. The number of rotatable bonds is 5. The molecule has 0 saturated heterocycles. The second-order valence-corrected chi connectivity index (χ2v) is 5.80. The molecule has 3 rings (SSSR count). The number of hydrogen-bond acceptors (Lipinski definition) is 5. The largest absolute Gasteiger partial charge is 0.496 e. The van der Waals surface area contributed by atoms with Crippen LogP contribution in [-0.2, 0) is 17.9 Å². The van der Waals surface area contributed by atoms with E-state index in [2.05, 4.69) is 10.3 Å². The molecule has 1 N–H and O–H groups in total. The molecule has 0 aliphatic rings. The predicted molar refractivity (Wildman–Crippen MR) is 88.7 cm³/mol. The van der Waals surface area contributed by atoms with Crippen LogP contribution in [0.3, 0.4) is 0 Å². The molecule has 1 amide bonds. The fourth-order valence-electron chi connectivity index (χ4n) is 2.26. The molecule has 2 heterocycles. The molecule has 0 aliphatic carbocycles. The summed E-state index contributed by atoms with van der Waals surface area (Å²) in [4.78, 5) is 29.2. The number of para-hydroxylation sites is 1. The van der Waals surface area contributed by atoms with Crippen molar-refractivity contribution in [1.29, 1.82) is 0 Å². The third kappa shape index (κ3) is 3.24. The van der Waals surface area contributed by atoms with E-state index >= 15 is 0 Å². The highest BCUT2D eigenvalue weighted by molar-refractivity contribution is 7.16. The van der Waals surface area contributed by atoms with Crippen LogP contribution in [0.2, 0.25) is 0 Å². The highest BCUT2D eigenvalue weighted by Crippen LogP contribution is 2.16. The molecule has 7 heteroatoms. The summed E-state index contributed by atoms with van der Waals surface area (Å²) in [6, 6.07) is 9.18. The number of methoxy groups -OCH3 is 1. The topological polar surface area (TPSA) is 73.2 Å². The Labute approximate surface area is 136 Å². The quantitative estimate of drug-likeness (QED) is 0.774. The van der Waals surface area contributed by atoms with Gasteiger partial charge in [-0.2, -0.15) is 0 Å². The Morgan fingerprint density at radius 2 is 2.17 bits per heavy atom. The maximum atomic E-state index is 12.2. The summed E-state index contributed by atoms with van der Waals surface area (Å²) in [5.41, 5.74) is 0.672. The lowest BCUT2D eigenvalue weighted by Gasteiger charge is -2.10. The lowest BCUT2D eigenvalue weighted by molar-refractivity contribution is -0.121. The van der Waals surface area contributed by atoms with Crippen molar-refractivity contribution in [3.8, 4) is 5.75 Å². The number of benzene rings is 1. The Kier molecular flexibility index (Phi) is 4.38. The van der Waals surface area contributed by atoms with Crippen LogP contribution in [0.4, 0.5) is 0 Å². The van der Waals surface area contributed by atoms with Gasteiger partial charge in [0.05, 0.1) is 18.8 Å². The minimum absolute atomic E-state index is 0.0627. The number of nitrogens with one attached hydrogen (secondary N) is 1. The van der Waals surface area contributed by atoms with Gasteiger partial charge in [-0.1, -0.05) is 18.2 Å². The third-order valence-electron chi connectivity index (χ3n) is 3.43. The molecule has 0 unspecified atom stereocenters. The highest BCUT2D eigenvalue weighted by Gasteiger charge is 2.09. The summed E-state index contributed by atoms with van der Waals surface area (Å²) in [7, 11) is 1.59. The van der Waals surface area contributed by atoms with E-state index in [0.717, 1.165) is 5.56 Å². The van der Waals surface area contributed by atoms with Crippen molar-refractivity contribution >= 4 is 27.5 Å². The van der Waals surface area contributed by atoms with Crippen LogP contribution in [0.1, 0.15) is 5.56 Å². The van der Waals surface area contributed by atoms with Crippen molar-refractivity contribution in [2.75, 3.05) is 7.11 Å². The molecule has 0 spiro atoms. The molecule has 23 heavy (non-hydrogen) atoms. The first kappa shape index (κ1) is 15.2.